The quantitative estimate of drug-likeness (QED) is 0.492. The summed E-state index contributed by atoms with van der Waals surface area (Å²) in [6, 6.07) is 11.9. The summed E-state index contributed by atoms with van der Waals surface area (Å²) in [6.07, 6.45) is -2.77. The molecule has 10 heteroatoms. The molecule has 6 rings (SSSR count). The van der Waals surface area contributed by atoms with Crippen molar-refractivity contribution in [1.82, 2.24) is 15.1 Å². The van der Waals surface area contributed by atoms with E-state index in [1.54, 1.807) is 49.5 Å². The van der Waals surface area contributed by atoms with Gasteiger partial charge in [0, 0.05) is 42.4 Å². The lowest BCUT2D eigenvalue weighted by molar-refractivity contribution is -0.143. The fourth-order valence-corrected chi connectivity index (χ4v) is 6.11. The van der Waals surface area contributed by atoms with Crippen LogP contribution in [-0.2, 0) is 18.1 Å². The highest BCUT2D eigenvalue weighted by Gasteiger charge is 2.57. The highest BCUT2D eigenvalue weighted by atomic mass is 19.4. The number of nitrogens with one attached hydrogen (secondary N) is 1. The van der Waals surface area contributed by atoms with E-state index in [-0.39, 0.29) is 24.3 Å². The van der Waals surface area contributed by atoms with Crippen molar-refractivity contribution in [1.29, 1.82) is 0 Å². The van der Waals surface area contributed by atoms with E-state index in [1.807, 2.05) is 20.8 Å². The van der Waals surface area contributed by atoms with Crippen LogP contribution in [0.3, 0.4) is 0 Å². The van der Waals surface area contributed by atoms with Gasteiger partial charge in [-0.25, -0.2) is 4.68 Å². The molecule has 0 saturated carbocycles. The summed E-state index contributed by atoms with van der Waals surface area (Å²) in [6.45, 7) is 6.04. The molecule has 2 atom stereocenters. The molecule has 2 aromatic carbocycles. The van der Waals surface area contributed by atoms with Crippen LogP contribution >= 0.6 is 0 Å². The monoisotopic (exact) mass is 526 g/mol. The zero-order chi connectivity index (χ0) is 27.0. The molecule has 200 valence electrons. The molecule has 2 bridgehead atoms. The first-order valence-corrected chi connectivity index (χ1v) is 12.6. The molecule has 2 unspecified atom stereocenters. The van der Waals surface area contributed by atoms with Gasteiger partial charge in [-0.2, -0.15) is 18.3 Å². The number of carbonyl (C=O) groups excluding carboxylic acids is 1. The minimum absolute atomic E-state index is 0.0696. The molecule has 0 spiro atoms. The van der Waals surface area contributed by atoms with Crippen LogP contribution in [0.4, 0.5) is 18.9 Å². The molecule has 3 aliphatic heterocycles. The SMILES string of the molecule is CN(C(=O)c1cccc(-n2nc(C(F)(F)F)c3c2CC2CCC3(C(C)(C)C)N2)c1)c1ccc2c(c1)OCO2. The van der Waals surface area contributed by atoms with Gasteiger partial charge in [-0.15, -0.1) is 0 Å². The molecule has 3 aliphatic rings. The Balaban J connectivity index is 1.42. The van der Waals surface area contributed by atoms with Crippen LogP contribution in [0, 0.1) is 5.41 Å². The maximum absolute atomic E-state index is 14.4. The van der Waals surface area contributed by atoms with Gasteiger partial charge in [0.25, 0.3) is 5.91 Å². The average molecular weight is 527 g/mol. The molecular formula is C28H29F3N4O3. The number of alkyl halides is 3. The smallest absolute Gasteiger partial charge is 0.435 e. The summed E-state index contributed by atoms with van der Waals surface area (Å²) in [5.41, 5.74) is 0.00876. The Labute approximate surface area is 218 Å². The number of hydrogen-bond donors (Lipinski definition) is 1. The number of anilines is 1. The number of fused-ring (bicyclic) bond motifs is 5. The number of ether oxygens (including phenoxy) is 2. The van der Waals surface area contributed by atoms with Gasteiger partial charge in [0.2, 0.25) is 6.79 Å². The third kappa shape index (κ3) is 3.68. The van der Waals surface area contributed by atoms with Gasteiger partial charge in [0.1, 0.15) is 0 Å². The van der Waals surface area contributed by atoms with Crippen molar-refractivity contribution in [3.8, 4) is 17.2 Å². The van der Waals surface area contributed by atoms with Crippen LogP contribution in [0.5, 0.6) is 11.5 Å². The Morgan fingerprint density at radius 1 is 1.13 bits per heavy atom. The lowest BCUT2D eigenvalue weighted by Gasteiger charge is -2.46. The third-order valence-electron chi connectivity index (χ3n) is 8.10. The van der Waals surface area contributed by atoms with Crippen molar-refractivity contribution in [3.63, 3.8) is 0 Å². The molecule has 1 fully saturated rings. The van der Waals surface area contributed by atoms with Crippen LogP contribution in [0.2, 0.25) is 0 Å². The van der Waals surface area contributed by atoms with Crippen molar-refractivity contribution in [2.24, 2.45) is 5.41 Å². The number of carbonyl (C=O) groups is 1. The van der Waals surface area contributed by atoms with Gasteiger partial charge >= 0.3 is 6.18 Å². The summed E-state index contributed by atoms with van der Waals surface area (Å²) in [4.78, 5) is 14.9. The second-order valence-corrected chi connectivity index (χ2v) is 11.3. The number of rotatable bonds is 3. The minimum Gasteiger partial charge on any atom is -0.454 e. The first-order chi connectivity index (χ1) is 17.9. The van der Waals surface area contributed by atoms with Gasteiger partial charge in [0.15, 0.2) is 17.2 Å². The second-order valence-electron chi connectivity index (χ2n) is 11.3. The van der Waals surface area contributed by atoms with E-state index >= 15 is 0 Å². The predicted octanol–water partition coefficient (Wildman–Crippen LogP) is 5.45. The minimum atomic E-state index is -4.61. The Bertz CT molecular complexity index is 1440. The zero-order valence-electron chi connectivity index (χ0n) is 21.6. The third-order valence-corrected chi connectivity index (χ3v) is 8.10. The second kappa shape index (κ2) is 8.23. The topological polar surface area (TPSA) is 68.6 Å². The predicted molar refractivity (Wildman–Crippen MR) is 135 cm³/mol. The number of hydrogen-bond acceptors (Lipinski definition) is 5. The van der Waals surface area contributed by atoms with E-state index in [2.05, 4.69) is 10.4 Å². The van der Waals surface area contributed by atoms with E-state index in [4.69, 9.17) is 9.47 Å². The van der Waals surface area contributed by atoms with E-state index in [9.17, 15) is 18.0 Å². The molecule has 3 aromatic rings. The first-order valence-electron chi connectivity index (χ1n) is 12.6. The Morgan fingerprint density at radius 2 is 1.89 bits per heavy atom. The van der Waals surface area contributed by atoms with E-state index in [1.165, 1.54) is 9.58 Å². The van der Waals surface area contributed by atoms with Gasteiger partial charge in [-0.05, 0) is 48.6 Å². The Hall–Kier alpha value is -3.53. The fourth-order valence-electron chi connectivity index (χ4n) is 6.11. The van der Waals surface area contributed by atoms with Crippen LogP contribution in [0.1, 0.15) is 60.9 Å². The molecule has 0 radical (unpaired) electrons. The lowest BCUT2D eigenvalue weighted by Crippen LogP contribution is -2.54. The number of aromatic nitrogens is 2. The van der Waals surface area contributed by atoms with Crippen LogP contribution in [0.15, 0.2) is 42.5 Å². The Morgan fingerprint density at radius 3 is 2.63 bits per heavy atom. The maximum Gasteiger partial charge on any atom is 0.435 e. The van der Waals surface area contributed by atoms with Crippen LogP contribution < -0.4 is 19.7 Å². The molecule has 1 aromatic heterocycles. The average Bonchev–Trinajstić information content (AvgIpc) is 3.58. The maximum atomic E-state index is 14.4. The number of halogens is 3. The summed E-state index contributed by atoms with van der Waals surface area (Å²) in [7, 11) is 1.64. The largest absolute Gasteiger partial charge is 0.454 e. The zero-order valence-corrected chi connectivity index (χ0v) is 21.6. The lowest BCUT2D eigenvalue weighted by atomic mass is 9.67. The summed E-state index contributed by atoms with van der Waals surface area (Å²) < 4.78 is 55.4. The van der Waals surface area contributed by atoms with Gasteiger partial charge < -0.3 is 19.7 Å². The van der Waals surface area contributed by atoms with Crippen molar-refractivity contribution >= 4 is 11.6 Å². The van der Waals surface area contributed by atoms with E-state index in [0.717, 1.165) is 6.42 Å². The molecule has 7 nitrogen and oxygen atoms in total. The summed E-state index contributed by atoms with van der Waals surface area (Å²) in [5.74, 6) is 0.849. The molecule has 38 heavy (non-hydrogen) atoms. The van der Waals surface area contributed by atoms with Gasteiger partial charge in [-0.1, -0.05) is 26.8 Å². The number of amides is 1. The molecule has 1 N–H and O–H groups in total. The number of nitrogens with zero attached hydrogens (tertiary/aromatic N) is 3. The van der Waals surface area contributed by atoms with Crippen molar-refractivity contribution in [3.05, 3.63) is 65.0 Å². The highest BCUT2D eigenvalue weighted by Crippen LogP contribution is 2.54. The molecular weight excluding hydrogens is 497 g/mol. The Kier molecular flexibility index (Phi) is 5.37. The normalized spacial score (nSPS) is 21.9. The van der Waals surface area contributed by atoms with Crippen molar-refractivity contribution in [2.75, 3.05) is 18.7 Å². The molecule has 1 saturated heterocycles. The van der Waals surface area contributed by atoms with Crippen LogP contribution in [-0.4, -0.2) is 35.6 Å². The highest BCUT2D eigenvalue weighted by molar-refractivity contribution is 6.06. The molecule has 4 heterocycles. The van der Waals surface area contributed by atoms with Gasteiger partial charge in [-0.3, -0.25) is 4.79 Å². The standard InChI is InChI=1S/C28H29F3N4O3/c1-26(2,3)27-11-10-17(32-27)13-20-23(27)24(28(29,30)31)33-35(20)19-7-5-6-16(12-19)25(36)34(4)18-8-9-21-22(14-18)38-15-37-21/h5-9,12,14,17,32H,10-11,13,15H2,1-4H3. The fraction of sp³-hybridized carbons (Fsp3) is 0.429. The van der Waals surface area contributed by atoms with Gasteiger partial charge in [0.05, 0.1) is 16.9 Å². The molecule has 0 aliphatic carbocycles. The summed E-state index contributed by atoms with van der Waals surface area (Å²) >= 11 is 0. The molecule has 1 amide bonds. The summed E-state index contributed by atoms with van der Waals surface area (Å²) in [5, 5.41) is 7.67. The van der Waals surface area contributed by atoms with Crippen LogP contribution in [0.25, 0.3) is 5.69 Å². The van der Waals surface area contributed by atoms with Crippen molar-refractivity contribution < 1.29 is 27.4 Å². The first kappa shape index (κ1) is 24.8. The van der Waals surface area contributed by atoms with E-state index in [0.29, 0.717) is 47.0 Å². The van der Waals surface area contributed by atoms with Crippen molar-refractivity contribution in [2.45, 2.75) is 57.8 Å². The number of benzene rings is 2. The van der Waals surface area contributed by atoms with E-state index < -0.39 is 22.8 Å².